The van der Waals surface area contributed by atoms with Crippen LogP contribution in [0.4, 0.5) is 0 Å². The lowest BCUT2D eigenvalue weighted by atomic mass is 9.83. The first kappa shape index (κ1) is 9.79. The molecule has 43 heavy (non-hydrogen) atoms. The van der Waals surface area contributed by atoms with Crippen LogP contribution in [-0.4, -0.2) is 0 Å². The maximum absolute atomic E-state index is 9.53. The number of benzene rings is 8. The largest absolute Gasteiger partial charge is 0.0636 e. The van der Waals surface area contributed by atoms with Gasteiger partial charge in [0.15, 0.2) is 0 Å². The molecule has 0 radical (unpaired) electrons. The lowest BCUT2D eigenvalue weighted by Crippen LogP contribution is -1.93. The van der Waals surface area contributed by atoms with Crippen LogP contribution in [0.5, 0.6) is 0 Å². The highest BCUT2D eigenvalue weighted by Gasteiger charge is 2.25. The van der Waals surface area contributed by atoms with E-state index in [1.165, 1.54) is 0 Å². The van der Waals surface area contributed by atoms with Crippen molar-refractivity contribution < 1.29 is 35.6 Å². The Bertz CT molecular complexity index is 3710. The molecule has 0 bridgehead atoms. The second kappa shape index (κ2) is 9.54. The van der Waals surface area contributed by atoms with Crippen LogP contribution in [0, 0.1) is 0 Å². The van der Waals surface area contributed by atoms with Gasteiger partial charge in [-0.05, 0) is 100 Å². The molecule has 0 heterocycles. The minimum Gasteiger partial charge on any atom is -0.0622 e. The van der Waals surface area contributed by atoms with Crippen molar-refractivity contribution in [1.82, 2.24) is 0 Å². The molecule has 0 unspecified atom stereocenters. The van der Waals surface area contributed by atoms with Gasteiger partial charge in [-0.15, -0.1) is 0 Å². The van der Waals surface area contributed by atoms with E-state index in [0.29, 0.717) is 0 Å². The maximum atomic E-state index is 9.53. The topological polar surface area (TPSA) is 0 Å². The fourth-order valence-corrected chi connectivity index (χ4v) is 5.54. The van der Waals surface area contributed by atoms with Gasteiger partial charge in [0.05, 0.1) is 35.6 Å². The van der Waals surface area contributed by atoms with Crippen LogP contribution in [0.3, 0.4) is 0 Å². The van der Waals surface area contributed by atoms with Gasteiger partial charge in [-0.25, -0.2) is 0 Å². The third kappa shape index (κ3) is 3.77. The minimum absolute atomic E-state index is 0.178. The van der Waals surface area contributed by atoms with E-state index in [-0.39, 0.29) is 22.3 Å². The fraction of sp³-hybridized carbons (Fsp3) is 0.0233. The summed E-state index contributed by atoms with van der Waals surface area (Å²) in [5, 5.41) is -3.76. The highest BCUT2D eigenvalue weighted by Crippen LogP contribution is 2.49. The van der Waals surface area contributed by atoms with Gasteiger partial charge in [-0.1, -0.05) is 151 Å². The first-order chi connectivity index (χ1) is 32.2. The number of rotatable bonds is 3. The molecule has 0 nitrogen and oxygen atoms in total. The van der Waals surface area contributed by atoms with Gasteiger partial charge >= 0.3 is 0 Å². The summed E-state index contributed by atoms with van der Waals surface area (Å²) in [6.07, 6.45) is -0.511. The molecule has 0 saturated carbocycles. The summed E-state index contributed by atoms with van der Waals surface area (Å²) >= 11 is 0. The molecule has 1 aliphatic rings. The SMILES string of the molecule is [2H]c1c([2H])c([2H])c(-c2c([2H])c([2H])c3c(c2[2H])Cc2c([2H])c([2H])c([2H])c(-c4c5c([2H])c([2H])c([2H])c([2H])c5c(-c5c([2H])c([2H])c6c([2H])c([2H])c([2H])c([2H])c6c5[2H])c5c([2H])c([2H])c([2H])c([2H])c45)c2-3)c([2H])c1[2H]. The summed E-state index contributed by atoms with van der Waals surface area (Å²) in [6, 6.07) is -22.0. The Morgan fingerprint density at radius 2 is 0.977 bits per heavy atom. The van der Waals surface area contributed by atoms with Crippen molar-refractivity contribution in [2.24, 2.45) is 0 Å². The van der Waals surface area contributed by atoms with Gasteiger partial charge in [0.1, 0.15) is 0 Å². The smallest absolute Gasteiger partial charge is 0.0622 e. The Kier molecular flexibility index (Phi) is 2.17. The number of hydrogen-bond acceptors (Lipinski definition) is 0. The van der Waals surface area contributed by atoms with Crippen molar-refractivity contribution >= 4 is 32.3 Å². The van der Waals surface area contributed by atoms with Gasteiger partial charge < -0.3 is 0 Å². The van der Waals surface area contributed by atoms with Crippen LogP contribution >= 0.6 is 0 Å². The molecule has 0 fully saturated rings. The van der Waals surface area contributed by atoms with Crippen LogP contribution in [0.25, 0.3) is 76.8 Å². The minimum atomic E-state index is -0.942. The third-order valence-corrected chi connectivity index (χ3v) is 7.32. The van der Waals surface area contributed by atoms with Crippen molar-refractivity contribution in [2.45, 2.75) is 6.42 Å². The highest BCUT2D eigenvalue weighted by molar-refractivity contribution is 6.23. The van der Waals surface area contributed by atoms with E-state index in [0.717, 1.165) is 0 Å². The summed E-state index contributed by atoms with van der Waals surface area (Å²) < 4.78 is 232. The standard InChI is InChI=1S/C43H28/c1-2-11-28(12-3-1)31-23-24-35-34(26-31)27-32-15-10-20-40(41(32)35)43-38-18-8-6-16-36(38)42(37-17-7-9-19-39(37)43)33-22-21-29-13-4-5-14-30(29)25-33/h1-26H,27H2/i1D,2D,3D,4D,5D,6D,7D,8D,9D,10D,11D,12D,13D,14D,15D,16D,17D,18D,19D,20D,21D,22D,23D,24D,25D,26D. The van der Waals surface area contributed by atoms with Gasteiger partial charge in [0, 0.05) is 0 Å². The lowest BCUT2D eigenvalue weighted by molar-refractivity contribution is 1.26. The Hall–Kier alpha value is -5.46. The van der Waals surface area contributed by atoms with Crippen molar-refractivity contribution in [3.63, 3.8) is 0 Å². The zero-order chi connectivity index (χ0) is 51.0. The van der Waals surface area contributed by atoms with Crippen LogP contribution in [0.15, 0.2) is 157 Å². The molecule has 0 N–H and O–H groups in total. The first-order valence-corrected chi connectivity index (χ1v) is 13.0. The number of hydrogen-bond donors (Lipinski definition) is 0. The normalized spacial score (nSPS) is 20.6. The summed E-state index contributed by atoms with van der Waals surface area (Å²) in [5.74, 6) is 0. The molecular weight excluding hydrogens is 516 g/mol. The molecule has 9 rings (SSSR count). The molecule has 1 aliphatic carbocycles. The van der Waals surface area contributed by atoms with Crippen LogP contribution in [-0.2, 0) is 6.42 Å². The molecule has 200 valence electrons. The monoisotopic (exact) mass is 570 g/mol. The van der Waals surface area contributed by atoms with Gasteiger partial charge in [0.2, 0.25) is 0 Å². The molecular formula is C43H28. The number of fused-ring (bicyclic) bond motifs is 6. The predicted octanol–water partition coefficient (Wildman–Crippen LogP) is 11.7. The van der Waals surface area contributed by atoms with Gasteiger partial charge in [-0.3, -0.25) is 0 Å². The second-order valence-corrected chi connectivity index (χ2v) is 9.63. The molecule has 0 amide bonds. The van der Waals surface area contributed by atoms with Crippen molar-refractivity contribution in [2.75, 3.05) is 0 Å². The Balaban J connectivity index is 1.57. The molecule has 0 spiro atoms. The maximum Gasteiger partial charge on any atom is 0.0636 e. The molecule has 0 saturated heterocycles. The Labute approximate surface area is 288 Å². The van der Waals surface area contributed by atoms with Gasteiger partial charge in [-0.2, -0.15) is 0 Å². The average molecular weight is 571 g/mol. The fourth-order valence-electron chi connectivity index (χ4n) is 5.54. The van der Waals surface area contributed by atoms with E-state index in [9.17, 15) is 13.7 Å². The third-order valence-electron chi connectivity index (χ3n) is 7.32. The molecule has 0 aromatic heterocycles. The summed E-state index contributed by atoms with van der Waals surface area (Å²) in [4.78, 5) is 0. The van der Waals surface area contributed by atoms with Crippen molar-refractivity contribution in [3.05, 3.63) is 168 Å². The molecule has 0 aliphatic heterocycles. The quantitative estimate of drug-likeness (QED) is 0.185. The zero-order valence-corrected chi connectivity index (χ0v) is 21.7. The van der Waals surface area contributed by atoms with Gasteiger partial charge in [0.25, 0.3) is 0 Å². The Morgan fingerprint density at radius 3 is 1.72 bits per heavy atom. The van der Waals surface area contributed by atoms with E-state index in [1.807, 2.05) is 0 Å². The van der Waals surface area contributed by atoms with E-state index in [1.54, 1.807) is 0 Å². The first-order valence-electron chi connectivity index (χ1n) is 26.0. The molecule has 8 aromatic rings. The molecule has 0 heteroatoms. The zero-order valence-electron chi connectivity index (χ0n) is 47.7. The molecule has 8 aromatic carbocycles. The predicted molar refractivity (Wildman–Crippen MR) is 184 cm³/mol. The lowest BCUT2D eigenvalue weighted by Gasteiger charge is -2.20. The molecule has 0 atom stereocenters. The van der Waals surface area contributed by atoms with Crippen LogP contribution in [0.2, 0.25) is 0 Å². The van der Waals surface area contributed by atoms with Crippen molar-refractivity contribution in [3.8, 4) is 44.5 Å². The summed E-state index contributed by atoms with van der Waals surface area (Å²) in [5.41, 5.74) is -4.71. The van der Waals surface area contributed by atoms with E-state index in [2.05, 4.69) is 0 Å². The van der Waals surface area contributed by atoms with E-state index in [4.69, 9.17) is 21.9 Å². The van der Waals surface area contributed by atoms with E-state index < -0.39 is 229 Å². The van der Waals surface area contributed by atoms with Crippen molar-refractivity contribution in [1.29, 1.82) is 0 Å². The summed E-state index contributed by atoms with van der Waals surface area (Å²) in [7, 11) is 0. The Morgan fingerprint density at radius 1 is 0.349 bits per heavy atom. The van der Waals surface area contributed by atoms with Crippen LogP contribution in [0.1, 0.15) is 46.8 Å². The highest BCUT2D eigenvalue weighted by atomic mass is 14.3. The average Bonchev–Trinajstić information content (AvgIpc) is 3.72. The van der Waals surface area contributed by atoms with E-state index >= 15 is 0 Å². The van der Waals surface area contributed by atoms with Crippen LogP contribution < -0.4 is 0 Å². The summed E-state index contributed by atoms with van der Waals surface area (Å²) in [6.45, 7) is 0. The second-order valence-electron chi connectivity index (χ2n) is 9.63.